The van der Waals surface area contributed by atoms with Gasteiger partial charge in [-0.2, -0.15) is 0 Å². The van der Waals surface area contributed by atoms with Crippen molar-refractivity contribution in [3.05, 3.63) is 71.4 Å². The molecule has 0 bridgehead atoms. The molecule has 2 aliphatic rings. The van der Waals surface area contributed by atoms with Crippen molar-refractivity contribution in [3.63, 3.8) is 0 Å². The van der Waals surface area contributed by atoms with Crippen LogP contribution in [0.15, 0.2) is 54.7 Å². The number of nitrogens with one attached hydrogen (secondary N) is 3. The van der Waals surface area contributed by atoms with Gasteiger partial charge in [0, 0.05) is 23.6 Å². The first-order valence-corrected chi connectivity index (χ1v) is 9.45. The molecule has 1 spiro atoms. The zero-order chi connectivity index (χ0) is 20.0. The van der Waals surface area contributed by atoms with Crippen LogP contribution < -0.4 is 16.0 Å². The van der Waals surface area contributed by atoms with Crippen LogP contribution in [0.3, 0.4) is 0 Å². The molecular weight excluding hydrogens is 368 g/mol. The number of hydrogen-bond acceptors (Lipinski definition) is 4. The Bertz CT molecular complexity index is 1180. The average molecular weight is 386 g/mol. The van der Waals surface area contributed by atoms with Crippen LogP contribution in [0.25, 0.3) is 10.8 Å². The Morgan fingerprint density at radius 1 is 1.07 bits per heavy atom. The molecule has 3 N–H and O–H groups in total. The fourth-order valence-electron chi connectivity index (χ4n) is 4.16. The van der Waals surface area contributed by atoms with E-state index >= 15 is 0 Å². The molecule has 1 atom stereocenters. The van der Waals surface area contributed by atoms with Crippen LogP contribution in [0.1, 0.15) is 27.9 Å². The second-order valence-corrected chi connectivity index (χ2v) is 7.49. The van der Waals surface area contributed by atoms with Crippen molar-refractivity contribution in [3.8, 4) is 0 Å². The molecule has 2 heterocycles. The number of aryl methyl sites for hydroxylation is 1. The zero-order valence-electron chi connectivity index (χ0n) is 15.5. The number of aromatic nitrogens is 1. The number of pyridine rings is 1. The standard InChI is InChI=1S/C22H18N4O3/c27-19(24-18-17-4-2-1-3-13(17)8-10-23-18)15-5-6-16-12-22(9-7-14(16)11-15)20(28)25-21(29)26-22/h1-6,8,10-11H,7,9,12H2,(H,23,24,27)(H2,25,26,28,29). The third-order valence-corrected chi connectivity index (χ3v) is 5.70. The van der Waals surface area contributed by atoms with Gasteiger partial charge in [-0.3, -0.25) is 14.9 Å². The number of rotatable bonds is 2. The minimum Gasteiger partial charge on any atom is -0.323 e. The molecule has 7 nitrogen and oxygen atoms in total. The normalized spacial score (nSPS) is 20.3. The Kier molecular flexibility index (Phi) is 3.84. The van der Waals surface area contributed by atoms with Crippen LogP contribution in [0.5, 0.6) is 0 Å². The van der Waals surface area contributed by atoms with Gasteiger partial charge in [0.25, 0.3) is 11.8 Å². The summed E-state index contributed by atoms with van der Waals surface area (Å²) in [4.78, 5) is 40.9. The number of urea groups is 1. The van der Waals surface area contributed by atoms with Gasteiger partial charge in [0.05, 0.1) is 0 Å². The maximum atomic E-state index is 12.8. The van der Waals surface area contributed by atoms with E-state index in [-0.39, 0.29) is 11.8 Å². The van der Waals surface area contributed by atoms with Gasteiger partial charge in [-0.15, -0.1) is 0 Å². The fraction of sp³-hybridized carbons (Fsp3) is 0.182. The molecule has 1 fully saturated rings. The molecular formula is C22H18N4O3. The van der Waals surface area contributed by atoms with Gasteiger partial charge < -0.3 is 10.6 Å². The maximum absolute atomic E-state index is 12.8. The smallest absolute Gasteiger partial charge is 0.322 e. The third kappa shape index (κ3) is 2.91. The van der Waals surface area contributed by atoms with Crippen LogP contribution in [-0.2, 0) is 17.6 Å². The van der Waals surface area contributed by atoms with Crippen LogP contribution >= 0.6 is 0 Å². The molecule has 4 amide bonds. The lowest BCUT2D eigenvalue weighted by Crippen LogP contribution is -2.51. The van der Waals surface area contributed by atoms with Crippen molar-refractivity contribution in [1.29, 1.82) is 0 Å². The molecule has 144 valence electrons. The van der Waals surface area contributed by atoms with Gasteiger partial charge in [0.15, 0.2) is 0 Å². The van der Waals surface area contributed by atoms with Gasteiger partial charge in [-0.1, -0.05) is 30.3 Å². The van der Waals surface area contributed by atoms with Crippen LogP contribution in [-0.4, -0.2) is 28.4 Å². The monoisotopic (exact) mass is 386 g/mol. The molecule has 0 saturated carbocycles. The topological polar surface area (TPSA) is 100 Å². The van der Waals surface area contributed by atoms with Crippen LogP contribution in [0.4, 0.5) is 10.6 Å². The third-order valence-electron chi connectivity index (χ3n) is 5.70. The van der Waals surface area contributed by atoms with Gasteiger partial charge in [0.1, 0.15) is 11.4 Å². The Morgan fingerprint density at radius 2 is 1.93 bits per heavy atom. The second kappa shape index (κ2) is 6.41. The van der Waals surface area contributed by atoms with E-state index in [0.717, 1.165) is 21.9 Å². The van der Waals surface area contributed by atoms with Crippen molar-refractivity contribution in [2.75, 3.05) is 5.32 Å². The SMILES string of the molecule is O=C1NC(=O)C2(CCc3cc(C(=O)Nc4nccc5ccccc45)ccc3C2)N1. The summed E-state index contributed by atoms with van der Waals surface area (Å²) in [6.45, 7) is 0. The van der Waals surface area contributed by atoms with E-state index in [2.05, 4.69) is 20.9 Å². The van der Waals surface area contributed by atoms with E-state index in [1.807, 2.05) is 42.5 Å². The zero-order valence-corrected chi connectivity index (χ0v) is 15.5. The first kappa shape index (κ1) is 17.4. The average Bonchev–Trinajstić information content (AvgIpc) is 3.00. The van der Waals surface area contributed by atoms with E-state index < -0.39 is 11.6 Å². The number of nitrogens with zero attached hydrogens (tertiary/aromatic N) is 1. The highest BCUT2D eigenvalue weighted by Crippen LogP contribution is 2.32. The molecule has 2 aromatic carbocycles. The van der Waals surface area contributed by atoms with Gasteiger partial charge in [-0.25, -0.2) is 9.78 Å². The summed E-state index contributed by atoms with van der Waals surface area (Å²) in [6.07, 6.45) is 3.21. The molecule has 3 aromatic rings. The summed E-state index contributed by atoms with van der Waals surface area (Å²) in [5.41, 5.74) is 1.65. The quantitative estimate of drug-likeness (QED) is 0.589. The minimum absolute atomic E-state index is 0.233. The van der Waals surface area contributed by atoms with Gasteiger partial charge >= 0.3 is 6.03 Å². The Balaban J connectivity index is 1.40. The lowest BCUT2D eigenvalue weighted by Gasteiger charge is -2.32. The van der Waals surface area contributed by atoms with Crippen molar-refractivity contribution in [2.24, 2.45) is 0 Å². The first-order chi connectivity index (χ1) is 14.0. The molecule has 1 unspecified atom stereocenters. The summed E-state index contributed by atoms with van der Waals surface area (Å²) in [5.74, 6) is 0.0102. The minimum atomic E-state index is -0.874. The van der Waals surface area contributed by atoms with Crippen molar-refractivity contribution in [2.45, 2.75) is 24.8 Å². The summed E-state index contributed by atoms with van der Waals surface area (Å²) < 4.78 is 0. The molecule has 1 aliphatic carbocycles. The highest BCUT2D eigenvalue weighted by molar-refractivity contribution is 6.09. The number of hydrogen-bond donors (Lipinski definition) is 3. The van der Waals surface area contributed by atoms with E-state index in [1.54, 1.807) is 12.3 Å². The molecule has 29 heavy (non-hydrogen) atoms. The highest BCUT2D eigenvalue weighted by Gasteiger charge is 2.47. The van der Waals surface area contributed by atoms with Gasteiger partial charge in [0.2, 0.25) is 0 Å². The predicted molar refractivity (Wildman–Crippen MR) is 108 cm³/mol. The number of fused-ring (bicyclic) bond motifs is 2. The summed E-state index contributed by atoms with van der Waals surface area (Å²) >= 11 is 0. The maximum Gasteiger partial charge on any atom is 0.322 e. The first-order valence-electron chi connectivity index (χ1n) is 9.45. The number of anilines is 1. The van der Waals surface area contributed by atoms with Crippen LogP contribution in [0.2, 0.25) is 0 Å². The fourth-order valence-corrected chi connectivity index (χ4v) is 4.16. The number of amides is 4. The summed E-state index contributed by atoms with van der Waals surface area (Å²) in [6, 6.07) is 14.7. The van der Waals surface area contributed by atoms with E-state index in [0.29, 0.717) is 30.6 Å². The Labute approximate surface area is 166 Å². The largest absolute Gasteiger partial charge is 0.323 e. The molecule has 5 rings (SSSR count). The van der Waals surface area contributed by atoms with Crippen molar-refractivity contribution >= 4 is 34.4 Å². The van der Waals surface area contributed by atoms with Gasteiger partial charge in [-0.05, 0) is 47.6 Å². The molecule has 7 heteroatoms. The summed E-state index contributed by atoms with van der Waals surface area (Å²) in [5, 5.41) is 9.86. The summed E-state index contributed by atoms with van der Waals surface area (Å²) in [7, 11) is 0. The van der Waals surface area contributed by atoms with E-state index in [1.165, 1.54) is 0 Å². The Morgan fingerprint density at radius 3 is 2.76 bits per heavy atom. The number of carbonyl (C=O) groups is 3. The number of imide groups is 1. The molecule has 0 radical (unpaired) electrons. The molecule has 1 saturated heterocycles. The molecule has 1 aromatic heterocycles. The predicted octanol–water partition coefficient (Wildman–Crippen LogP) is 2.55. The highest BCUT2D eigenvalue weighted by atomic mass is 16.2. The van der Waals surface area contributed by atoms with E-state index in [9.17, 15) is 14.4 Å². The number of carbonyl (C=O) groups excluding carboxylic acids is 3. The van der Waals surface area contributed by atoms with Crippen molar-refractivity contribution < 1.29 is 14.4 Å². The Hall–Kier alpha value is -3.74. The van der Waals surface area contributed by atoms with Crippen molar-refractivity contribution in [1.82, 2.24) is 15.6 Å². The molecule has 1 aliphatic heterocycles. The lowest BCUT2D eigenvalue weighted by molar-refractivity contribution is -0.124. The lowest BCUT2D eigenvalue weighted by atomic mass is 9.77. The number of benzene rings is 2. The van der Waals surface area contributed by atoms with E-state index in [4.69, 9.17) is 0 Å². The van der Waals surface area contributed by atoms with Crippen LogP contribution in [0, 0.1) is 0 Å². The second-order valence-electron chi connectivity index (χ2n) is 7.49.